The average Bonchev–Trinajstić information content (AvgIpc) is 3.05. The van der Waals surface area contributed by atoms with E-state index in [0.717, 1.165) is 18.5 Å². The summed E-state index contributed by atoms with van der Waals surface area (Å²) in [7, 11) is 7.77. The standard InChI is InChI=1S/C39H70N4O8/c1-12-34-26(4)20-24(2)14-15-32(44)25(3)21-30(16-19-43(38(48)29(7)40)18-13-17-41(8)9)37(28(6)33(45)23-35(46)50-34)51-39-36(47)31(42(10)11)22-27(5)49-39/h14-15,20,25-31,33-34,36-37,39,45,47H,12-13,16-19,21-23,40H2,1-11H3/b15-14+,24-20+/t25-,26+,27-,28+,29+,30+,31-,33-,34-,36-,37-,39+/m1/s1. The number of esters is 1. The average molecular weight is 723 g/mol. The number of cyclic esters (lactones) is 1. The van der Waals surface area contributed by atoms with Gasteiger partial charge in [-0.25, -0.2) is 0 Å². The van der Waals surface area contributed by atoms with E-state index in [1.165, 1.54) is 0 Å². The lowest BCUT2D eigenvalue weighted by molar-refractivity contribution is -0.283. The Hall–Kier alpha value is -2.19. The molecule has 1 saturated heterocycles. The van der Waals surface area contributed by atoms with Crippen LogP contribution in [-0.4, -0.2) is 139 Å². The number of nitrogens with two attached hydrogens (primary N) is 1. The minimum atomic E-state index is -1.15. The van der Waals surface area contributed by atoms with Gasteiger partial charge in [0.1, 0.15) is 12.2 Å². The third-order valence-electron chi connectivity index (χ3n) is 10.5. The summed E-state index contributed by atoms with van der Waals surface area (Å²) in [6.45, 7) is 14.8. The lowest BCUT2D eigenvalue weighted by Gasteiger charge is -2.44. The number of ketones is 1. The van der Waals surface area contributed by atoms with Crippen LogP contribution in [0.2, 0.25) is 0 Å². The molecule has 2 aliphatic rings. The van der Waals surface area contributed by atoms with Crippen molar-refractivity contribution in [2.24, 2.45) is 29.4 Å². The second kappa shape index (κ2) is 21.5. The predicted octanol–water partition coefficient (Wildman–Crippen LogP) is 3.39. The fourth-order valence-corrected chi connectivity index (χ4v) is 7.29. The second-order valence-corrected chi connectivity index (χ2v) is 15.7. The zero-order valence-corrected chi connectivity index (χ0v) is 33.3. The summed E-state index contributed by atoms with van der Waals surface area (Å²) in [6, 6.07) is -0.920. The number of nitrogens with zero attached hydrogens (tertiary/aromatic N) is 3. The molecule has 12 heteroatoms. The van der Waals surface area contributed by atoms with Gasteiger partial charge in [0.15, 0.2) is 12.1 Å². The molecule has 0 unspecified atom stereocenters. The van der Waals surface area contributed by atoms with Gasteiger partial charge in [0.2, 0.25) is 5.91 Å². The van der Waals surface area contributed by atoms with Crippen LogP contribution in [0.4, 0.5) is 0 Å². The van der Waals surface area contributed by atoms with Crippen molar-refractivity contribution in [1.29, 1.82) is 0 Å². The van der Waals surface area contributed by atoms with Crippen molar-refractivity contribution in [2.45, 2.75) is 136 Å². The molecule has 12 nitrogen and oxygen atoms in total. The summed E-state index contributed by atoms with van der Waals surface area (Å²) in [4.78, 5) is 46.0. The van der Waals surface area contributed by atoms with Crippen molar-refractivity contribution < 1.29 is 38.8 Å². The molecular formula is C39H70N4O8. The van der Waals surface area contributed by atoms with Gasteiger partial charge in [-0.3, -0.25) is 14.4 Å². The van der Waals surface area contributed by atoms with Gasteiger partial charge < -0.3 is 44.9 Å². The summed E-state index contributed by atoms with van der Waals surface area (Å²) >= 11 is 0. The van der Waals surface area contributed by atoms with Crippen LogP contribution in [0.5, 0.6) is 0 Å². The van der Waals surface area contributed by atoms with Crippen LogP contribution >= 0.6 is 0 Å². The first kappa shape index (κ1) is 45.0. The number of ether oxygens (including phenoxy) is 3. The van der Waals surface area contributed by atoms with Gasteiger partial charge in [-0.15, -0.1) is 0 Å². The molecule has 4 N–H and O–H groups in total. The molecule has 51 heavy (non-hydrogen) atoms. The van der Waals surface area contributed by atoms with Gasteiger partial charge in [0, 0.05) is 36.9 Å². The summed E-state index contributed by atoms with van der Waals surface area (Å²) in [6.07, 6.45) is 3.35. The zero-order valence-electron chi connectivity index (χ0n) is 33.3. The molecule has 2 aliphatic heterocycles. The number of carbonyl (C=O) groups is 3. The maximum Gasteiger partial charge on any atom is 0.308 e. The van der Waals surface area contributed by atoms with Crippen LogP contribution in [0.1, 0.15) is 87.0 Å². The second-order valence-electron chi connectivity index (χ2n) is 15.7. The number of likely N-dealkylation sites (N-methyl/N-ethyl adjacent to an activating group) is 1. The van der Waals surface area contributed by atoms with Crippen molar-refractivity contribution >= 4 is 17.7 Å². The molecule has 2 heterocycles. The first-order valence-electron chi connectivity index (χ1n) is 19.0. The highest BCUT2D eigenvalue weighted by molar-refractivity contribution is 5.91. The molecule has 0 aromatic rings. The molecule has 0 aromatic carbocycles. The van der Waals surface area contributed by atoms with E-state index in [-0.39, 0.29) is 42.1 Å². The number of rotatable bonds is 12. The Morgan fingerprint density at radius 2 is 1.71 bits per heavy atom. The number of amides is 1. The number of aliphatic hydroxyl groups excluding tert-OH is 2. The Balaban J connectivity index is 2.63. The van der Waals surface area contributed by atoms with Gasteiger partial charge in [0.25, 0.3) is 0 Å². The number of carbonyl (C=O) groups excluding carboxylic acids is 3. The number of hydrogen-bond acceptors (Lipinski definition) is 11. The topological polar surface area (TPSA) is 155 Å². The van der Waals surface area contributed by atoms with Crippen LogP contribution in [-0.2, 0) is 28.6 Å². The van der Waals surface area contributed by atoms with Crippen LogP contribution in [0, 0.1) is 23.7 Å². The normalized spacial score (nSPS) is 35.6. The van der Waals surface area contributed by atoms with E-state index in [4.69, 9.17) is 19.9 Å². The van der Waals surface area contributed by atoms with Crippen molar-refractivity contribution in [1.82, 2.24) is 14.7 Å². The van der Waals surface area contributed by atoms with E-state index in [9.17, 15) is 24.6 Å². The lowest BCUT2D eigenvalue weighted by atomic mass is 9.79. The van der Waals surface area contributed by atoms with Gasteiger partial charge >= 0.3 is 5.97 Å². The largest absolute Gasteiger partial charge is 0.462 e. The Bertz CT molecular complexity index is 1160. The SMILES string of the molecule is CC[C@H]1OC(=O)C[C@@H](O)[C@H](C)[C@@H](O[C@@H]2O[C@H](C)C[C@@H](N(C)C)[C@H]2O)[C@@H](CCN(CCCN(C)C)C(=O)[C@H](C)N)C[C@@H](C)C(=O)/C=C/C(C)=C/[C@@H]1C. The van der Waals surface area contributed by atoms with Crippen molar-refractivity contribution in [3.05, 3.63) is 23.8 Å². The van der Waals surface area contributed by atoms with E-state index in [2.05, 4.69) is 4.90 Å². The molecule has 2 rings (SSSR count). The summed E-state index contributed by atoms with van der Waals surface area (Å²) in [5.41, 5.74) is 6.97. The summed E-state index contributed by atoms with van der Waals surface area (Å²) in [5, 5.41) is 23.1. The minimum absolute atomic E-state index is 0.0531. The molecule has 0 spiro atoms. The zero-order chi connectivity index (χ0) is 38.6. The molecule has 0 radical (unpaired) electrons. The highest BCUT2D eigenvalue weighted by atomic mass is 16.7. The lowest BCUT2D eigenvalue weighted by Crippen LogP contribution is -2.56. The molecule has 0 bridgehead atoms. The number of hydrogen-bond donors (Lipinski definition) is 3. The van der Waals surface area contributed by atoms with Crippen LogP contribution in [0.15, 0.2) is 23.8 Å². The Kier molecular flexibility index (Phi) is 19.0. The summed E-state index contributed by atoms with van der Waals surface area (Å²) < 4.78 is 18.8. The molecule has 294 valence electrons. The Labute approximate surface area is 307 Å². The van der Waals surface area contributed by atoms with Gasteiger partial charge in [-0.05, 0) is 99.6 Å². The Morgan fingerprint density at radius 3 is 2.29 bits per heavy atom. The fraction of sp³-hybridized carbons (Fsp3) is 0.821. The molecule has 0 saturated carbocycles. The third kappa shape index (κ3) is 14.3. The van der Waals surface area contributed by atoms with E-state index < -0.39 is 54.6 Å². The smallest absolute Gasteiger partial charge is 0.308 e. The van der Waals surface area contributed by atoms with Crippen molar-refractivity contribution in [3.8, 4) is 0 Å². The third-order valence-corrected chi connectivity index (χ3v) is 10.5. The van der Waals surface area contributed by atoms with Crippen LogP contribution < -0.4 is 5.73 Å². The number of aliphatic hydroxyl groups is 2. The first-order valence-corrected chi connectivity index (χ1v) is 19.0. The van der Waals surface area contributed by atoms with Gasteiger partial charge in [0.05, 0.1) is 30.8 Å². The molecule has 0 aromatic heterocycles. The monoisotopic (exact) mass is 723 g/mol. The van der Waals surface area contributed by atoms with E-state index >= 15 is 0 Å². The van der Waals surface area contributed by atoms with Gasteiger partial charge in [-0.2, -0.15) is 0 Å². The maximum atomic E-state index is 13.6. The maximum absolute atomic E-state index is 13.6. The van der Waals surface area contributed by atoms with E-state index in [0.29, 0.717) is 38.8 Å². The van der Waals surface area contributed by atoms with Crippen molar-refractivity contribution in [3.63, 3.8) is 0 Å². The van der Waals surface area contributed by atoms with Crippen LogP contribution in [0.3, 0.4) is 0 Å². The molecule has 12 atom stereocenters. The first-order chi connectivity index (χ1) is 23.9. The fourth-order valence-electron chi connectivity index (χ4n) is 7.29. The Morgan fingerprint density at radius 1 is 1.04 bits per heavy atom. The highest BCUT2D eigenvalue weighted by Crippen LogP contribution is 2.34. The predicted molar refractivity (Wildman–Crippen MR) is 200 cm³/mol. The van der Waals surface area contributed by atoms with E-state index in [1.54, 1.807) is 24.0 Å². The molecule has 0 aliphatic carbocycles. The quantitative estimate of drug-likeness (QED) is 0.254. The summed E-state index contributed by atoms with van der Waals surface area (Å²) in [5.74, 6) is -2.27. The highest BCUT2D eigenvalue weighted by Gasteiger charge is 2.43. The molecule has 1 amide bonds. The number of allylic oxidation sites excluding steroid dienone is 3. The molecular weight excluding hydrogens is 652 g/mol. The van der Waals surface area contributed by atoms with Crippen LogP contribution in [0.25, 0.3) is 0 Å². The van der Waals surface area contributed by atoms with E-state index in [1.807, 2.05) is 80.7 Å². The van der Waals surface area contributed by atoms with Crippen molar-refractivity contribution in [2.75, 3.05) is 47.8 Å². The molecule has 1 fully saturated rings. The minimum Gasteiger partial charge on any atom is -0.462 e. The van der Waals surface area contributed by atoms with Gasteiger partial charge in [-0.1, -0.05) is 45.4 Å².